The van der Waals surface area contributed by atoms with E-state index in [1.807, 2.05) is 6.92 Å². The van der Waals surface area contributed by atoms with Crippen molar-refractivity contribution >= 4 is 5.97 Å². The molecule has 17 heavy (non-hydrogen) atoms. The summed E-state index contributed by atoms with van der Waals surface area (Å²) < 4.78 is 10.5. The van der Waals surface area contributed by atoms with Crippen LogP contribution in [-0.2, 0) is 14.3 Å². The zero-order valence-electron chi connectivity index (χ0n) is 11.3. The van der Waals surface area contributed by atoms with E-state index in [0.29, 0.717) is 6.10 Å². The number of esters is 1. The molecule has 0 bridgehead atoms. The van der Waals surface area contributed by atoms with Crippen LogP contribution >= 0.6 is 0 Å². The summed E-state index contributed by atoms with van der Waals surface area (Å²) in [4.78, 5) is 11.6. The highest BCUT2D eigenvalue weighted by molar-refractivity contribution is 5.80. The molecule has 0 radical (unpaired) electrons. The molecule has 0 aromatic rings. The predicted octanol–water partition coefficient (Wildman–Crippen LogP) is 1.88. The smallest absolute Gasteiger partial charge is 0.325 e. The van der Waals surface area contributed by atoms with Gasteiger partial charge in [-0.1, -0.05) is 0 Å². The van der Waals surface area contributed by atoms with Crippen LogP contribution in [0.5, 0.6) is 0 Å². The summed E-state index contributed by atoms with van der Waals surface area (Å²) in [6.45, 7) is 2.69. The molecule has 0 aliphatic heterocycles. The highest BCUT2D eigenvalue weighted by atomic mass is 16.5. The Morgan fingerprint density at radius 1 is 1.41 bits per heavy atom. The molecule has 1 unspecified atom stereocenters. The van der Waals surface area contributed by atoms with Crippen LogP contribution in [0, 0.1) is 0 Å². The number of unbranched alkanes of at least 4 members (excludes halogenated alkanes) is 1. The molecule has 0 amide bonds. The summed E-state index contributed by atoms with van der Waals surface area (Å²) in [7, 11) is 3.22. The van der Waals surface area contributed by atoms with Crippen molar-refractivity contribution in [3.63, 3.8) is 0 Å². The Bertz CT molecular complexity index is 241. The number of rotatable bonds is 8. The van der Waals surface area contributed by atoms with Crippen molar-refractivity contribution in [3.8, 4) is 0 Å². The van der Waals surface area contributed by atoms with Gasteiger partial charge in [0.1, 0.15) is 5.54 Å². The second kappa shape index (κ2) is 6.97. The van der Waals surface area contributed by atoms with E-state index < -0.39 is 5.54 Å². The zero-order chi connectivity index (χ0) is 12.7. The van der Waals surface area contributed by atoms with Crippen molar-refractivity contribution in [1.29, 1.82) is 0 Å². The van der Waals surface area contributed by atoms with Crippen LogP contribution in [0.25, 0.3) is 0 Å². The van der Waals surface area contributed by atoms with Gasteiger partial charge in [-0.15, -0.1) is 0 Å². The average Bonchev–Trinajstić information content (AvgIpc) is 2.29. The third-order valence-electron chi connectivity index (χ3n) is 3.66. The molecule has 0 saturated heterocycles. The molecule has 0 heterocycles. The van der Waals surface area contributed by atoms with Gasteiger partial charge < -0.3 is 14.8 Å². The van der Waals surface area contributed by atoms with Crippen molar-refractivity contribution in [3.05, 3.63) is 0 Å². The molecule has 1 N–H and O–H groups in total. The Morgan fingerprint density at radius 3 is 2.59 bits per heavy atom. The van der Waals surface area contributed by atoms with Gasteiger partial charge in [0, 0.05) is 6.61 Å². The molecule has 4 nitrogen and oxygen atoms in total. The number of carbonyl (C=O) groups is 1. The van der Waals surface area contributed by atoms with Crippen LogP contribution in [0.4, 0.5) is 0 Å². The molecule has 1 aliphatic rings. The number of likely N-dealkylation sites (N-methyl/N-ethyl adjacent to an activating group) is 1. The van der Waals surface area contributed by atoms with E-state index in [4.69, 9.17) is 9.47 Å². The monoisotopic (exact) mass is 243 g/mol. The van der Waals surface area contributed by atoms with Gasteiger partial charge in [-0.25, -0.2) is 0 Å². The van der Waals surface area contributed by atoms with Gasteiger partial charge in [-0.2, -0.15) is 0 Å². The first-order chi connectivity index (χ1) is 8.12. The molecular weight excluding hydrogens is 218 g/mol. The molecule has 1 rings (SSSR count). The largest absolute Gasteiger partial charge is 0.468 e. The molecule has 1 atom stereocenters. The third-order valence-corrected chi connectivity index (χ3v) is 3.66. The lowest BCUT2D eigenvalue weighted by Crippen LogP contribution is -2.48. The average molecular weight is 243 g/mol. The van der Waals surface area contributed by atoms with Gasteiger partial charge >= 0.3 is 5.97 Å². The van der Waals surface area contributed by atoms with Crippen LogP contribution < -0.4 is 5.32 Å². The van der Waals surface area contributed by atoms with Gasteiger partial charge in [-0.3, -0.25) is 4.79 Å². The molecule has 1 fully saturated rings. The number of carbonyl (C=O) groups excluding carboxylic acids is 1. The van der Waals surface area contributed by atoms with Gasteiger partial charge in [-0.05, 0) is 52.5 Å². The summed E-state index contributed by atoms with van der Waals surface area (Å²) >= 11 is 0. The van der Waals surface area contributed by atoms with Crippen molar-refractivity contribution in [2.24, 2.45) is 0 Å². The second-order valence-electron chi connectivity index (χ2n) is 4.95. The lowest BCUT2D eigenvalue weighted by Gasteiger charge is -2.27. The van der Waals surface area contributed by atoms with Crippen LogP contribution in [0.2, 0.25) is 0 Å². The predicted molar refractivity (Wildman–Crippen MR) is 66.9 cm³/mol. The minimum absolute atomic E-state index is 0.195. The SMILES string of the molecule is CNC(C)(CCCCOC1CCC1)C(=O)OC. The third kappa shape index (κ3) is 4.28. The van der Waals surface area contributed by atoms with Crippen molar-refractivity contribution in [2.75, 3.05) is 20.8 Å². The number of nitrogens with one attached hydrogen (secondary N) is 1. The fourth-order valence-corrected chi connectivity index (χ4v) is 1.92. The van der Waals surface area contributed by atoms with Crippen LogP contribution in [0.15, 0.2) is 0 Å². The van der Waals surface area contributed by atoms with Gasteiger partial charge in [0.05, 0.1) is 13.2 Å². The quantitative estimate of drug-likeness (QED) is 0.522. The number of methoxy groups -OCH3 is 1. The topological polar surface area (TPSA) is 47.6 Å². The van der Waals surface area contributed by atoms with E-state index in [1.54, 1.807) is 7.05 Å². The number of hydrogen-bond donors (Lipinski definition) is 1. The standard InChI is InChI=1S/C13H25NO3/c1-13(14-2,12(15)16-3)9-4-5-10-17-11-7-6-8-11/h11,14H,4-10H2,1-3H3. The van der Waals surface area contributed by atoms with E-state index in [-0.39, 0.29) is 5.97 Å². The molecule has 1 saturated carbocycles. The summed E-state index contributed by atoms with van der Waals surface area (Å²) in [5, 5.41) is 3.04. The first-order valence-electron chi connectivity index (χ1n) is 6.51. The van der Waals surface area contributed by atoms with E-state index in [0.717, 1.165) is 25.9 Å². The minimum Gasteiger partial charge on any atom is -0.468 e. The molecule has 0 spiro atoms. The molecule has 0 aromatic carbocycles. The first kappa shape index (κ1) is 14.5. The Labute approximate surface area is 104 Å². The van der Waals surface area contributed by atoms with Crippen LogP contribution in [0.1, 0.15) is 45.4 Å². The maximum atomic E-state index is 11.6. The minimum atomic E-state index is -0.564. The Hall–Kier alpha value is -0.610. The molecule has 1 aliphatic carbocycles. The maximum absolute atomic E-state index is 11.6. The molecule has 4 heteroatoms. The van der Waals surface area contributed by atoms with Gasteiger partial charge in [0.2, 0.25) is 0 Å². The molecular formula is C13H25NO3. The van der Waals surface area contributed by atoms with Crippen molar-refractivity contribution in [2.45, 2.75) is 57.1 Å². The highest BCUT2D eigenvalue weighted by Gasteiger charge is 2.31. The maximum Gasteiger partial charge on any atom is 0.325 e. The van der Waals surface area contributed by atoms with Crippen molar-refractivity contribution in [1.82, 2.24) is 5.32 Å². The fraction of sp³-hybridized carbons (Fsp3) is 0.923. The summed E-state index contributed by atoms with van der Waals surface area (Å²) in [6, 6.07) is 0. The number of ether oxygens (including phenoxy) is 2. The van der Waals surface area contributed by atoms with Gasteiger partial charge in [0.15, 0.2) is 0 Å². The normalized spacial score (nSPS) is 19.5. The Kier molecular flexibility index (Phi) is 5.92. The Morgan fingerprint density at radius 2 is 2.12 bits per heavy atom. The van der Waals surface area contributed by atoms with Crippen LogP contribution in [-0.4, -0.2) is 38.4 Å². The summed E-state index contributed by atoms with van der Waals surface area (Å²) in [5.41, 5.74) is -0.564. The van der Waals surface area contributed by atoms with E-state index in [9.17, 15) is 4.79 Å². The van der Waals surface area contributed by atoms with E-state index in [1.165, 1.54) is 26.4 Å². The fourth-order valence-electron chi connectivity index (χ4n) is 1.92. The second-order valence-corrected chi connectivity index (χ2v) is 4.95. The van der Waals surface area contributed by atoms with E-state index in [2.05, 4.69) is 5.32 Å². The lowest BCUT2D eigenvalue weighted by molar-refractivity contribution is -0.148. The number of hydrogen-bond acceptors (Lipinski definition) is 4. The van der Waals surface area contributed by atoms with Gasteiger partial charge in [0.25, 0.3) is 0 Å². The zero-order valence-corrected chi connectivity index (χ0v) is 11.3. The Balaban J connectivity index is 2.11. The lowest BCUT2D eigenvalue weighted by atomic mass is 9.95. The molecule has 0 aromatic heterocycles. The van der Waals surface area contributed by atoms with Crippen LogP contribution in [0.3, 0.4) is 0 Å². The molecule has 100 valence electrons. The summed E-state index contributed by atoms with van der Waals surface area (Å²) in [6.07, 6.45) is 7.01. The highest BCUT2D eigenvalue weighted by Crippen LogP contribution is 2.22. The first-order valence-corrected chi connectivity index (χ1v) is 6.51. The summed E-state index contributed by atoms with van der Waals surface area (Å²) in [5.74, 6) is -0.195. The van der Waals surface area contributed by atoms with Crippen molar-refractivity contribution < 1.29 is 14.3 Å². The van der Waals surface area contributed by atoms with E-state index >= 15 is 0 Å².